The number of rotatable bonds is 8. The first kappa shape index (κ1) is 15.2. The molecule has 0 aliphatic rings. The third kappa shape index (κ3) is 5.67. The number of carbonyl (C=O) groups excluding carboxylic acids is 1. The summed E-state index contributed by atoms with van der Waals surface area (Å²) >= 11 is 3.50. The molecule has 0 radical (unpaired) electrons. The van der Waals surface area contributed by atoms with Gasteiger partial charge in [-0.2, -0.15) is 0 Å². The van der Waals surface area contributed by atoms with Crippen molar-refractivity contribution < 1.29 is 9.53 Å². The molecule has 0 saturated carbocycles. The SMILES string of the molecule is CCOC(=O)CCCC(CCBr)c1ccccc1. The average Bonchev–Trinajstić information content (AvgIpc) is 2.39. The van der Waals surface area contributed by atoms with Crippen molar-refractivity contribution in [2.24, 2.45) is 0 Å². The van der Waals surface area contributed by atoms with Crippen molar-refractivity contribution in [2.75, 3.05) is 11.9 Å². The lowest BCUT2D eigenvalue weighted by Crippen LogP contribution is -2.06. The van der Waals surface area contributed by atoms with Gasteiger partial charge >= 0.3 is 5.97 Å². The van der Waals surface area contributed by atoms with E-state index in [1.54, 1.807) is 0 Å². The quantitative estimate of drug-likeness (QED) is 0.529. The molecule has 1 unspecified atom stereocenters. The Morgan fingerprint density at radius 3 is 2.61 bits per heavy atom. The second-order valence-electron chi connectivity index (χ2n) is 4.28. The van der Waals surface area contributed by atoms with Crippen molar-refractivity contribution in [1.29, 1.82) is 0 Å². The molecule has 0 N–H and O–H groups in total. The highest BCUT2D eigenvalue weighted by Gasteiger charge is 2.11. The van der Waals surface area contributed by atoms with Crippen molar-refractivity contribution in [1.82, 2.24) is 0 Å². The minimum Gasteiger partial charge on any atom is -0.466 e. The van der Waals surface area contributed by atoms with Crippen molar-refractivity contribution in [2.45, 2.75) is 38.5 Å². The molecule has 1 rings (SSSR count). The first-order valence-corrected chi connectivity index (χ1v) is 7.66. The molecule has 0 aliphatic carbocycles. The zero-order chi connectivity index (χ0) is 13.2. The molecule has 1 aromatic carbocycles. The second kappa shape index (κ2) is 9.15. The maximum atomic E-state index is 11.3. The van der Waals surface area contributed by atoms with E-state index in [0.29, 0.717) is 18.9 Å². The molecule has 0 fully saturated rings. The van der Waals surface area contributed by atoms with Gasteiger partial charge in [-0.3, -0.25) is 4.79 Å². The van der Waals surface area contributed by atoms with Gasteiger partial charge in [-0.15, -0.1) is 0 Å². The van der Waals surface area contributed by atoms with E-state index in [9.17, 15) is 4.79 Å². The smallest absolute Gasteiger partial charge is 0.305 e. The lowest BCUT2D eigenvalue weighted by molar-refractivity contribution is -0.143. The summed E-state index contributed by atoms with van der Waals surface area (Å²) in [5, 5.41) is 0.992. The first-order chi connectivity index (χ1) is 8.77. The van der Waals surface area contributed by atoms with Gasteiger partial charge in [-0.25, -0.2) is 0 Å². The highest BCUT2D eigenvalue weighted by molar-refractivity contribution is 9.09. The fourth-order valence-corrected chi connectivity index (χ4v) is 2.61. The fourth-order valence-electron chi connectivity index (χ4n) is 2.06. The van der Waals surface area contributed by atoms with Gasteiger partial charge in [0.2, 0.25) is 0 Å². The third-order valence-corrected chi connectivity index (χ3v) is 3.43. The summed E-state index contributed by atoms with van der Waals surface area (Å²) in [6, 6.07) is 10.5. The Bertz CT molecular complexity index is 338. The summed E-state index contributed by atoms with van der Waals surface area (Å²) in [4.78, 5) is 11.3. The first-order valence-electron chi connectivity index (χ1n) is 6.54. The average molecular weight is 313 g/mol. The standard InChI is InChI=1S/C15H21BrO2/c1-2-18-15(17)10-6-9-14(11-12-16)13-7-4-3-5-8-13/h3-5,7-8,14H,2,6,9-12H2,1H3. The summed E-state index contributed by atoms with van der Waals surface area (Å²) in [5.41, 5.74) is 1.36. The molecule has 0 bridgehead atoms. The lowest BCUT2D eigenvalue weighted by atomic mass is 9.91. The van der Waals surface area contributed by atoms with Crippen molar-refractivity contribution in [3.05, 3.63) is 35.9 Å². The highest BCUT2D eigenvalue weighted by atomic mass is 79.9. The molecule has 1 aromatic rings. The van der Waals surface area contributed by atoms with Gasteiger partial charge < -0.3 is 4.74 Å². The van der Waals surface area contributed by atoms with Gasteiger partial charge in [-0.05, 0) is 37.7 Å². The van der Waals surface area contributed by atoms with E-state index in [-0.39, 0.29) is 5.97 Å². The molecule has 2 nitrogen and oxygen atoms in total. The second-order valence-corrected chi connectivity index (χ2v) is 5.08. The van der Waals surface area contributed by atoms with Crippen molar-refractivity contribution >= 4 is 21.9 Å². The van der Waals surface area contributed by atoms with Crippen LogP contribution in [0.5, 0.6) is 0 Å². The Balaban J connectivity index is 2.42. The van der Waals surface area contributed by atoms with E-state index in [0.717, 1.165) is 24.6 Å². The molecule has 0 spiro atoms. The topological polar surface area (TPSA) is 26.3 Å². The van der Waals surface area contributed by atoms with E-state index < -0.39 is 0 Å². The summed E-state index contributed by atoms with van der Waals surface area (Å²) in [7, 11) is 0. The van der Waals surface area contributed by atoms with Crippen LogP contribution in [-0.2, 0) is 9.53 Å². The maximum absolute atomic E-state index is 11.3. The number of ether oxygens (including phenoxy) is 1. The number of hydrogen-bond donors (Lipinski definition) is 0. The van der Waals surface area contributed by atoms with Crippen LogP contribution in [0.25, 0.3) is 0 Å². The molecule has 0 amide bonds. The number of benzene rings is 1. The molecule has 0 aliphatic heterocycles. The van der Waals surface area contributed by atoms with Crippen LogP contribution in [0.3, 0.4) is 0 Å². The Kier molecular flexibility index (Phi) is 7.74. The number of esters is 1. The number of alkyl halides is 1. The Morgan fingerprint density at radius 2 is 2.00 bits per heavy atom. The maximum Gasteiger partial charge on any atom is 0.305 e. The fraction of sp³-hybridized carbons (Fsp3) is 0.533. The largest absolute Gasteiger partial charge is 0.466 e. The molecule has 0 heterocycles. The normalized spacial score (nSPS) is 12.1. The predicted octanol–water partition coefficient (Wildman–Crippen LogP) is 4.29. The van der Waals surface area contributed by atoms with Gasteiger partial charge in [0.15, 0.2) is 0 Å². The van der Waals surface area contributed by atoms with Crippen LogP contribution in [0, 0.1) is 0 Å². The van der Waals surface area contributed by atoms with Crippen LogP contribution >= 0.6 is 15.9 Å². The number of carbonyl (C=O) groups is 1. The van der Waals surface area contributed by atoms with Crippen LogP contribution in [0.1, 0.15) is 44.1 Å². The molecule has 0 aromatic heterocycles. The van der Waals surface area contributed by atoms with Crippen LogP contribution in [0.4, 0.5) is 0 Å². The van der Waals surface area contributed by atoms with Gasteiger partial charge in [0.05, 0.1) is 6.61 Å². The minimum atomic E-state index is -0.0804. The zero-order valence-electron chi connectivity index (χ0n) is 10.9. The van der Waals surface area contributed by atoms with Crippen LogP contribution in [-0.4, -0.2) is 17.9 Å². The van der Waals surface area contributed by atoms with E-state index in [2.05, 4.69) is 40.2 Å². The van der Waals surface area contributed by atoms with Gasteiger partial charge in [0.1, 0.15) is 0 Å². The van der Waals surface area contributed by atoms with Gasteiger partial charge in [0, 0.05) is 11.8 Å². The van der Waals surface area contributed by atoms with Crippen molar-refractivity contribution in [3.8, 4) is 0 Å². The van der Waals surface area contributed by atoms with Crippen molar-refractivity contribution in [3.63, 3.8) is 0 Å². The highest BCUT2D eigenvalue weighted by Crippen LogP contribution is 2.26. The van der Waals surface area contributed by atoms with Gasteiger partial charge in [0.25, 0.3) is 0 Å². The lowest BCUT2D eigenvalue weighted by Gasteiger charge is -2.15. The Labute approximate surface area is 118 Å². The number of halogens is 1. The predicted molar refractivity (Wildman–Crippen MR) is 78.1 cm³/mol. The van der Waals surface area contributed by atoms with E-state index in [4.69, 9.17) is 4.74 Å². The minimum absolute atomic E-state index is 0.0804. The van der Waals surface area contributed by atoms with Crippen LogP contribution in [0.2, 0.25) is 0 Å². The van der Waals surface area contributed by atoms with Gasteiger partial charge in [-0.1, -0.05) is 46.3 Å². The summed E-state index contributed by atoms with van der Waals surface area (Å²) in [6.45, 7) is 2.32. The summed E-state index contributed by atoms with van der Waals surface area (Å²) in [5.74, 6) is 0.447. The Hall–Kier alpha value is -0.830. The molecule has 18 heavy (non-hydrogen) atoms. The molecule has 1 atom stereocenters. The molecule has 100 valence electrons. The monoisotopic (exact) mass is 312 g/mol. The summed E-state index contributed by atoms with van der Waals surface area (Å²) < 4.78 is 4.94. The third-order valence-electron chi connectivity index (χ3n) is 2.97. The van der Waals surface area contributed by atoms with Crippen LogP contribution < -0.4 is 0 Å². The zero-order valence-corrected chi connectivity index (χ0v) is 12.5. The molecule has 0 saturated heterocycles. The molecule has 3 heteroatoms. The van der Waals surface area contributed by atoms with E-state index in [1.165, 1.54) is 5.56 Å². The number of hydrogen-bond acceptors (Lipinski definition) is 2. The summed E-state index contributed by atoms with van der Waals surface area (Å²) in [6.07, 6.45) is 3.56. The van der Waals surface area contributed by atoms with Crippen LogP contribution in [0.15, 0.2) is 30.3 Å². The van der Waals surface area contributed by atoms with E-state index in [1.807, 2.05) is 13.0 Å². The Morgan fingerprint density at radius 1 is 1.28 bits per heavy atom. The van der Waals surface area contributed by atoms with E-state index >= 15 is 0 Å². The molecular weight excluding hydrogens is 292 g/mol. The molecular formula is C15H21BrO2.